The quantitative estimate of drug-likeness (QED) is 0.846. The largest absolute Gasteiger partial charge is 0.447 e. The topological polar surface area (TPSA) is 87.2 Å². The highest BCUT2D eigenvalue weighted by Gasteiger charge is 2.24. The lowest BCUT2D eigenvalue weighted by molar-refractivity contribution is -0.154. The molecule has 0 aliphatic carbocycles. The molecule has 2 rings (SSSR count). The van der Waals surface area contributed by atoms with Crippen molar-refractivity contribution in [2.75, 3.05) is 0 Å². The highest BCUT2D eigenvalue weighted by atomic mass is 19.1. The summed E-state index contributed by atoms with van der Waals surface area (Å²) in [6, 6.07) is 5.07. The van der Waals surface area contributed by atoms with E-state index in [4.69, 9.17) is 10.5 Å². The van der Waals surface area contributed by atoms with Crippen molar-refractivity contribution in [2.24, 2.45) is 12.8 Å². The van der Waals surface area contributed by atoms with Crippen LogP contribution < -0.4 is 5.73 Å². The Morgan fingerprint density at radius 1 is 1.30 bits per heavy atom. The molecule has 7 heteroatoms. The molecule has 1 amide bonds. The van der Waals surface area contributed by atoms with Crippen LogP contribution in [0.5, 0.6) is 0 Å². The molecule has 0 aliphatic rings. The molecule has 23 heavy (non-hydrogen) atoms. The number of amides is 1. The smallest absolute Gasteiger partial charge is 0.311 e. The molecule has 6 nitrogen and oxygen atoms in total. The Kier molecular flexibility index (Phi) is 4.78. The molecular weight excluding hydrogens is 301 g/mol. The van der Waals surface area contributed by atoms with Crippen molar-refractivity contribution < 1.29 is 18.7 Å². The van der Waals surface area contributed by atoms with Gasteiger partial charge < -0.3 is 10.5 Å². The Bertz CT molecular complexity index is 738. The van der Waals surface area contributed by atoms with Crippen LogP contribution in [0.2, 0.25) is 0 Å². The number of nitrogens with zero attached hydrogens (tertiary/aromatic N) is 2. The Morgan fingerprint density at radius 2 is 1.91 bits per heavy atom. The van der Waals surface area contributed by atoms with E-state index in [1.165, 1.54) is 24.3 Å². The fraction of sp³-hybridized carbons (Fsp3) is 0.312. The molecule has 1 unspecified atom stereocenters. The molecule has 0 saturated carbocycles. The molecule has 122 valence electrons. The summed E-state index contributed by atoms with van der Waals surface area (Å²) in [5.41, 5.74) is 7.93. The van der Waals surface area contributed by atoms with E-state index in [9.17, 15) is 14.0 Å². The van der Waals surface area contributed by atoms with E-state index in [-0.39, 0.29) is 6.42 Å². The minimum Gasteiger partial charge on any atom is -0.447 e. The second kappa shape index (κ2) is 6.60. The maximum atomic E-state index is 13.0. The van der Waals surface area contributed by atoms with E-state index in [0.717, 1.165) is 17.0 Å². The standard InChI is InChI=1S/C16H18FN3O3/c1-9-13(10(2)20(3)19-9)8-14(21)23-15(16(18)22)11-4-6-12(17)7-5-11/h4-7,15H,8H2,1-3H3,(H2,18,22). The molecule has 0 fully saturated rings. The summed E-state index contributed by atoms with van der Waals surface area (Å²) < 4.78 is 19.8. The fourth-order valence-electron chi connectivity index (χ4n) is 2.32. The number of carbonyl (C=O) groups excluding carboxylic acids is 2. The van der Waals surface area contributed by atoms with Gasteiger partial charge in [-0.25, -0.2) is 4.39 Å². The maximum absolute atomic E-state index is 13.0. The SMILES string of the molecule is Cc1nn(C)c(C)c1CC(=O)OC(C(N)=O)c1ccc(F)cc1. The molecule has 1 aromatic carbocycles. The van der Waals surface area contributed by atoms with Gasteiger partial charge in [0, 0.05) is 23.9 Å². The van der Waals surface area contributed by atoms with Gasteiger partial charge in [0.25, 0.3) is 5.91 Å². The summed E-state index contributed by atoms with van der Waals surface area (Å²) >= 11 is 0. The number of benzene rings is 1. The first-order chi connectivity index (χ1) is 10.8. The van der Waals surface area contributed by atoms with Crippen molar-refractivity contribution in [3.63, 3.8) is 0 Å². The lowest BCUT2D eigenvalue weighted by Crippen LogP contribution is -2.27. The van der Waals surface area contributed by atoms with Crippen molar-refractivity contribution in [3.05, 3.63) is 52.6 Å². The number of halogens is 1. The Balaban J connectivity index is 2.15. The van der Waals surface area contributed by atoms with Crippen LogP contribution in [0, 0.1) is 19.7 Å². The first kappa shape index (κ1) is 16.7. The normalized spacial score (nSPS) is 12.0. The predicted molar refractivity (Wildman–Crippen MR) is 80.8 cm³/mol. The Morgan fingerprint density at radius 3 is 2.39 bits per heavy atom. The minimum atomic E-state index is -1.25. The average Bonchev–Trinajstić information content (AvgIpc) is 2.72. The third kappa shape index (κ3) is 3.74. The van der Waals surface area contributed by atoms with Gasteiger partial charge in [0.2, 0.25) is 6.10 Å². The van der Waals surface area contributed by atoms with Crippen LogP contribution in [0.25, 0.3) is 0 Å². The maximum Gasteiger partial charge on any atom is 0.311 e. The van der Waals surface area contributed by atoms with Crippen LogP contribution in [0.4, 0.5) is 4.39 Å². The fourth-order valence-corrected chi connectivity index (χ4v) is 2.32. The van der Waals surface area contributed by atoms with Gasteiger partial charge in [-0.1, -0.05) is 12.1 Å². The van der Waals surface area contributed by atoms with Gasteiger partial charge in [0.15, 0.2) is 0 Å². The summed E-state index contributed by atoms with van der Waals surface area (Å²) in [6.07, 6.45) is -1.27. The zero-order valence-corrected chi connectivity index (χ0v) is 13.2. The Hall–Kier alpha value is -2.70. The lowest BCUT2D eigenvalue weighted by atomic mass is 10.1. The zero-order valence-electron chi connectivity index (χ0n) is 13.2. The van der Waals surface area contributed by atoms with Crippen molar-refractivity contribution in [2.45, 2.75) is 26.4 Å². The second-order valence-corrected chi connectivity index (χ2v) is 5.27. The Labute approximate surface area is 133 Å². The zero-order chi connectivity index (χ0) is 17.1. The van der Waals surface area contributed by atoms with Crippen LogP contribution in [-0.4, -0.2) is 21.7 Å². The number of aryl methyl sites for hydroxylation is 2. The highest BCUT2D eigenvalue weighted by Crippen LogP contribution is 2.20. The number of esters is 1. The van der Waals surface area contributed by atoms with Crippen molar-refractivity contribution >= 4 is 11.9 Å². The first-order valence-corrected chi connectivity index (χ1v) is 7.03. The van der Waals surface area contributed by atoms with Crippen molar-refractivity contribution in [1.82, 2.24) is 9.78 Å². The number of nitrogens with two attached hydrogens (primary N) is 1. The van der Waals surface area contributed by atoms with E-state index in [0.29, 0.717) is 5.56 Å². The van der Waals surface area contributed by atoms with Gasteiger partial charge in [0.05, 0.1) is 12.1 Å². The monoisotopic (exact) mass is 319 g/mol. The molecule has 0 radical (unpaired) electrons. The van der Waals surface area contributed by atoms with E-state index in [2.05, 4.69) is 5.10 Å². The van der Waals surface area contributed by atoms with Gasteiger partial charge in [-0.05, 0) is 26.0 Å². The molecular formula is C16H18FN3O3. The second-order valence-electron chi connectivity index (χ2n) is 5.27. The van der Waals surface area contributed by atoms with Crippen molar-refractivity contribution in [1.29, 1.82) is 0 Å². The third-order valence-electron chi connectivity index (χ3n) is 3.66. The van der Waals surface area contributed by atoms with E-state index in [1.807, 2.05) is 6.92 Å². The average molecular weight is 319 g/mol. The number of aromatic nitrogens is 2. The summed E-state index contributed by atoms with van der Waals surface area (Å²) in [6.45, 7) is 3.63. The first-order valence-electron chi connectivity index (χ1n) is 7.03. The summed E-state index contributed by atoms with van der Waals surface area (Å²) in [7, 11) is 1.78. The van der Waals surface area contributed by atoms with Gasteiger partial charge in [-0.15, -0.1) is 0 Å². The van der Waals surface area contributed by atoms with Crippen LogP contribution in [0.1, 0.15) is 28.6 Å². The number of primary amides is 1. The third-order valence-corrected chi connectivity index (χ3v) is 3.66. The highest BCUT2D eigenvalue weighted by molar-refractivity contribution is 5.84. The minimum absolute atomic E-state index is 0.0174. The lowest BCUT2D eigenvalue weighted by Gasteiger charge is -2.15. The molecule has 1 atom stereocenters. The molecule has 1 heterocycles. The van der Waals surface area contributed by atoms with E-state index in [1.54, 1.807) is 18.7 Å². The number of hydrogen-bond donors (Lipinski definition) is 1. The summed E-state index contributed by atoms with van der Waals surface area (Å²) in [5, 5.41) is 4.22. The predicted octanol–water partition coefficient (Wildman–Crippen LogP) is 1.49. The molecule has 2 aromatic rings. The molecule has 0 saturated heterocycles. The van der Waals surface area contributed by atoms with Crippen LogP contribution >= 0.6 is 0 Å². The van der Waals surface area contributed by atoms with Gasteiger partial charge in [0.1, 0.15) is 5.82 Å². The number of ether oxygens (including phenoxy) is 1. The van der Waals surface area contributed by atoms with E-state index >= 15 is 0 Å². The molecule has 0 bridgehead atoms. The van der Waals surface area contributed by atoms with Crippen LogP contribution in [0.3, 0.4) is 0 Å². The summed E-state index contributed by atoms with van der Waals surface area (Å²) in [4.78, 5) is 23.7. The van der Waals surface area contributed by atoms with Crippen LogP contribution in [-0.2, 0) is 27.8 Å². The number of rotatable bonds is 5. The van der Waals surface area contributed by atoms with Crippen LogP contribution in [0.15, 0.2) is 24.3 Å². The molecule has 0 aliphatic heterocycles. The van der Waals surface area contributed by atoms with Gasteiger partial charge >= 0.3 is 5.97 Å². The van der Waals surface area contributed by atoms with Gasteiger partial charge in [-0.3, -0.25) is 14.3 Å². The molecule has 2 N–H and O–H groups in total. The van der Waals surface area contributed by atoms with E-state index < -0.39 is 23.8 Å². The summed E-state index contributed by atoms with van der Waals surface area (Å²) in [5.74, 6) is -1.87. The molecule has 1 aromatic heterocycles. The number of carbonyl (C=O) groups is 2. The number of hydrogen-bond acceptors (Lipinski definition) is 4. The van der Waals surface area contributed by atoms with Gasteiger partial charge in [-0.2, -0.15) is 5.10 Å². The van der Waals surface area contributed by atoms with Crippen molar-refractivity contribution in [3.8, 4) is 0 Å². The molecule has 0 spiro atoms.